The van der Waals surface area contributed by atoms with Crippen molar-refractivity contribution in [1.29, 1.82) is 0 Å². The Bertz CT molecular complexity index is 661. The summed E-state index contributed by atoms with van der Waals surface area (Å²) in [5, 5.41) is 0. The summed E-state index contributed by atoms with van der Waals surface area (Å²) >= 11 is 3.28. The summed E-state index contributed by atoms with van der Waals surface area (Å²) in [5.41, 5.74) is 5.16. The third-order valence-corrected chi connectivity index (χ3v) is 6.57. The average Bonchev–Trinajstić information content (AvgIpc) is 3.31. The fourth-order valence-electron chi connectivity index (χ4n) is 2.42. The SMILES string of the molecule is COc1cc(Br)c(S(=O)(=O)NC(C)(CN)C2CC2)cc1OC. The van der Waals surface area contributed by atoms with Crippen LogP contribution in [-0.4, -0.2) is 34.7 Å². The van der Waals surface area contributed by atoms with Crippen LogP contribution in [0.5, 0.6) is 11.5 Å². The lowest BCUT2D eigenvalue weighted by atomic mass is 9.98. The molecule has 0 bridgehead atoms. The number of nitrogens with two attached hydrogens (primary N) is 1. The zero-order chi connectivity index (χ0) is 16.5. The summed E-state index contributed by atoms with van der Waals surface area (Å²) in [6.45, 7) is 2.10. The van der Waals surface area contributed by atoms with E-state index in [1.807, 2.05) is 6.92 Å². The molecule has 0 saturated heterocycles. The molecular formula is C14H21BrN2O4S. The number of halogens is 1. The average molecular weight is 393 g/mol. The van der Waals surface area contributed by atoms with E-state index in [0.717, 1.165) is 12.8 Å². The van der Waals surface area contributed by atoms with Gasteiger partial charge in [-0.2, -0.15) is 0 Å². The quantitative estimate of drug-likeness (QED) is 0.738. The normalized spacial score (nSPS) is 17.9. The van der Waals surface area contributed by atoms with Crippen molar-refractivity contribution < 1.29 is 17.9 Å². The van der Waals surface area contributed by atoms with Crippen molar-refractivity contribution in [1.82, 2.24) is 4.72 Å². The predicted octanol–water partition coefficient (Wildman–Crippen LogP) is 1.87. The number of sulfonamides is 1. The van der Waals surface area contributed by atoms with E-state index in [1.54, 1.807) is 6.07 Å². The molecule has 1 unspecified atom stereocenters. The number of nitrogens with one attached hydrogen (secondary N) is 1. The monoisotopic (exact) mass is 392 g/mol. The second kappa shape index (κ2) is 6.35. The number of rotatable bonds is 7. The first-order valence-corrected chi connectivity index (χ1v) is 9.20. The fraction of sp³-hybridized carbons (Fsp3) is 0.571. The molecule has 2 rings (SSSR count). The van der Waals surface area contributed by atoms with Crippen molar-refractivity contribution in [3.8, 4) is 11.5 Å². The van der Waals surface area contributed by atoms with E-state index in [2.05, 4.69) is 20.7 Å². The molecule has 1 atom stereocenters. The van der Waals surface area contributed by atoms with E-state index in [-0.39, 0.29) is 17.4 Å². The van der Waals surface area contributed by atoms with Gasteiger partial charge in [0.05, 0.1) is 14.2 Å². The Labute approximate surface area is 139 Å². The Morgan fingerprint density at radius 2 is 1.86 bits per heavy atom. The minimum absolute atomic E-state index is 0.102. The van der Waals surface area contributed by atoms with Crippen molar-refractivity contribution >= 4 is 26.0 Å². The second-order valence-corrected chi connectivity index (χ2v) is 8.14. The van der Waals surface area contributed by atoms with E-state index >= 15 is 0 Å². The largest absolute Gasteiger partial charge is 0.493 e. The molecule has 0 radical (unpaired) electrons. The van der Waals surface area contributed by atoms with Gasteiger partial charge in [-0.3, -0.25) is 0 Å². The third kappa shape index (κ3) is 3.40. The van der Waals surface area contributed by atoms with Gasteiger partial charge in [0.2, 0.25) is 10.0 Å². The highest BCUT2D eigenvalue weighted by molar-refractivity contribution is 9.10. The number of hydrogen-bond acceptors (Lipinski definition) is 5. The number of benzene rings is 1. The van der Waals surface area contributed by atoms with E-state index in [4.69, 9.17) is 15.2 Å². The van der Waals surface area contributed by atoms with Crippen LogP contribution >= 0.6 is 15.9 Å². The van der Waals surface area contributed by atoms with Crippen molar-refractivity contribution in [3.63, 3.8) is 0 Å². The van der Waals surface area contributed by atoms with Crippen LogP contribution in [0.3, 0.4) is 0 Å². The van der Waals surface area contributed by atoms with Crippen molar-refractivity contribution in [2.24, 2.45) is 11.7 Å². The van der Waals surface area contributed by atoms with Gasteiger partial charge in [0.15, 0.2) is 11.5 Å². The van der Waals surface area contributed by atoms with Gasteiger partial charge in [-0.15, -0.1) is 0 Å². The van der Waals surface area contributed by atoms with Crippen molar-refractivity contribution in [2.75, 3.05) is 20.8 Å². The molecule has 124 valence electrons. The Balaban J connectivity index is 2.41. The summed E-state index contributed by atoms with van der Waals surface area (Å²) in [5.74, 6) is 1.09. The number of ether oxygens (including phenoxy) is 2. The van der Waals surface area contributed by atoms with Gasteiger partial charge in [0, 0.05) is 22.6 Å². The molecule has 0 spiro atoms. The topological polar surface area (TPSA) is 90.7 Å². The van der Waals surface area contributed by atoms with Gasteiger partial charge < -0.3 is 15.2 Å². The van der Waals surface area contributed by atoms with Crippen LogP contribution in [0.25, 0.3) is 0 Å². The first-order valence-electron chi connectivity index (χ1n) is 6.93. The Morgan fingerprint density at radius 1 is 1.32 bits per heavy atom. The van der Waals surface area contributed by atoms with Gasteiger partial charge in [-0.25, -0.2) is 13.1 Å². The molecule has 1 aliphatic rings. The molecule has 0 heterocycles. The van der Waals surface area contributed by atoms with Gasteiger partial charge in [0.25, 0.3) is 0 Å². The second-order valence-electron chi connectivity index (χ2n) is 5.64. The Hall–Kier alpha value is -0.830. The van der Waals surface area contributed by atoms with Gasteiger partial charge in [-0.05, 0) is 47.7 Å². The minimum atomic E-state index is -3.74. The molecule has 1 fully saturated rings. The number of methoxy groups -OCH3 is 2. The van der Waals surface area contributed by atoms with Crippen molar-refractivity contribution in [3.05, 3.63) is 16.6 Å². The third-order valence-electron chi connectivity index (χ3n) is 4.00. The first-order chi connectivity index (χ1) is 10.3. The summed E-state index contributed by atoms with van der Waals surface area (Å²) < 4.78 is 39.0. The highest BCUT2D eigenvalue weighted by Gasteiger charge is 2.43. The number of hydrogen-bond donors (Lipinski definition) is 2. The summed E-state index contributed by atoms with van der Waals surface area (Å²) in [4.78, 5) is 0.102. The molecule has 0 aromatic heterocycles. The highest BCUT2D eigenvalue weighted by Crippen LogP contribution is 2.41. The van der Waals surface area contributed by atoms with Gasteiger partial charge in [-0.1, -0.05) is 0 Å². The maximum atomic E-state index is 12.7. The fourth-order valence-corrected chi connectivity index (χ4v) is 4.93. The smallest absolute Gasteiger partial charge is 0.242 e. The Kier molecular flexibility index (Phi) is 5.06. The van der Waals surface area contributed by atoms with Crippen LogP contribution in [0.1, 0.15) is 19.8 Å². The summed E-state index contributed by atoms with van der Waals surface area (Å²) in [7, 11) is -0.778. The molecule has 1 aromatic carbocycles. The lowest BCUT2D eigenvalue weighted by Crippen LogP contribution is -2.53. The van der Waals surface area contributed by atoms with E-state index in [0.29, 0.717) is 16.0 Å². The van der Waals surface area contributed by atoms with E-state index in [9.17, 15) is 8.42 Å². The van der Waals surface area contributed by atoms with Crippen molar-refractivity contribution in [2.45, 2.75) is 30.2 Å². The van der Waals surface area contributed by atoms with Gasteiger partial charge in [0.1, 0.15) is 4.90 Å². The lowest BCUT2D eigenvalue weighted by molar-refractivity contribution is 0.353. The lowest BCUT2D eigenvalue weighted by Gasteiger charge is -2.29. The van der Waals surface area contributed by atoms with Crippen LogP contribution in [0, 0.1) is 5.92 Å². The molecule has 6 nitrogen and oxygen atoms in total. The van der Waals surface area contributed by atoms with Crippen LogP contribution in [0.4, 0.5) is 0 Å². The molecule has 8 heteroatoms. The molecule has 1 saturated carbocycles. The summed E-state index contributed by atoms with van der Waals surface area (Å²) in [6.07, 6.45) is 1.98. The molecule has 1 aromatic rings. The van der Waals surface area contributed by atoms with Crippen LogP contribution < -0.4 is 19.9 Å². The standard InChI is InChI=1S/C14H21BrN2O4S/c1-14(8-16,9-4-5-9)17-22(18,19)13-7-12(21-3)11(20-2)6-10(13)15/h6-7,9,17H,4-5,8,16H2,1-3H3. The predicted molar refractivity (Wildman–Crippen MR) is 87.8 cm³/mol. The molecule has 1 aliphatic carbocycles. The van der Waals surface area contributed by atoms with E-state index < -0.39 is 15.6 Å². The Morgan fingerprint density at radius 3 is 2.32 bits per heavy atom. The molecule has 0 aliphatic heterocycles. The summed E-state index contributed by atoms with van der Waals surface area (Å²) in [6, 6.07) is 3.01. The van der Waals surface area contributed by atoms with Crippen LogP contribution in [0.15, 0.2) is 21.5 Å². The maximum Gasteiger partial charge on any atom is 0.242 e. The maximum absolute atomic E-state index is 12.7. The van der Waals surface area contributed by atoms with E-state index in [1.165, 1.54) is 20.3 Å². The zero-order valence-electron chi connectivity index (χ0n) is 12.8. The first kappa shape index (κ1) is 17.5. The minimum Gasteiger partial charge on any atom is -0.493 e. The van der Waals surface area contributed by atoms with Gasteiger partial charge >= 0.3 is 0 Å². The van der Waals surface area contributed by atoms with Crippen LogP contribution in [0.2, 0.25) is 0 Å². The van der Waals surface area contributed by atoms with Crippen LogP contribution in [-0.2, 0) is 10.0 Å². The highest BCUT2D eigenvalue weighted by atomic mass is 79.9. The molecule has 3 N–H and O–H groups in total. The molecule has 22 heavy (non-hydrogen) atoms. The molecular weight excluding hydrogens is 372 g/mol. The molecule has 0 amide bonds. The zero-order valence-corrected chi connectivity index (χ0v) is 15.3.